The van der Waals surface area contributed by atoms with Crippen molar-refractivity contribution in [2.45, 2.75) is 32.8 Å². The summed E-state index contributed by atoms with van der Waals surface area (Å²) in [6.07, 6.45) is 0.577. The van der Waals surface area contributed by atoms with Gasteiger partial charge in [0.15, 0.2) is 5.96 Å². The van der Waals surface area contributed by atoms with Crippen LogP contribution < -0.4 is 20.9 Å². The fourth-order valence-electron chi connectivity index (χ4n) is 2.21. The predicted octanol–water partition coefficient (Wildman–Crippen LogP) is 2.20. The average molecular weight is 364 g/mol. The molecule has 26 heavy (non-hydrogen) atoms. The van der Waals surface area contributed by atoms with E-state index >= 15 is 0 Å². The van der Waals surface area contributed by atoms with E-state index in [4.69, 9.17) is 4.74 Å². The molecule has 0 aliphatic carbocycles. The minimum absolute atomic E-state index is 0.411. The van der Waals surface area contributed by atoms with Crippen LogP contribution in [0, 0.1) is 0 Å². The van der Waals surface area contributed by atoms with Gasteiger partial charge in [0.25, 0.3) is 0 Å². The first kappa shape index (κ1) is 21.6. The first-order chi connectivity index (χ1) is 12.3. The second kappa shape index (κ2) is 11.2. The molecule has 0 aromatic heterocycles. The number of nitrogens with one attached hydrogen (secondary N) is 3. The second-order valence-electron chi connectivity index (χ2n) is 6.97. The molecule has 0 aliphatic rings. The molecule has 0 radical (unpaired) electrons. The Balaban J connectivity index is 2.14. The van der Waals surface area contributed by atoms with E-state index in [9.17, 15) is 4.79 Å². The molecule has 0 spiro atoms. The Kier molecular flexibility index (Phi) is 9.33. The van der Waals surface area contributed by atoms with Crippen molar-refractivity contribution >= 4 is 17.7 Å². The molecule has 0 saturated carbocycles. The Morgan fingerprint density at radius 2 is 1.69 bits per heavy atom. The fourth-order valence-corrected chi connectivity index (χ4v) is 2.21. The maximum absolute atomic E-state index is 11.6. The van der Waals surface area contributed by atoms with Gasteiger partial charge in [-0.05, 0) is 39.3 Å². The Bertz CT molecular complexity index is 555. The number of nitrogens with zero attached hydrogens (tertiary/aromatic N) is 2. The van der Waals surface area contributed by atoms with Crippen LogP contribution in [0.3, 0.4) is 0 Å². The smallest absolute Gasteiger partial charge is 0.407 e. The minimum Gasteiger partial charge on any atom is -0.444 e. The largest absolute Gasteiger partial charge is 0.444 e. The Labute approximate surface area is 157 Å². The quantitative estimate of drug-likeness (QED) is 0.375. The van der Waals surface area contributed by atoms with Crippen LogP contribution in [-0.4, -0.2) is 57.9 Å². The van der Waals surface area contributed by atoms with Crippen molar-refractivity contribution in [3.63, 3.8) is 0 Å². The van der Waals surface area contributed by atoms with E-state index in [0.717, 1.165) is 25.5 Å². The molecule has 146 valence electrons. The highest BCUT2D eigenvalue weighted by molar-refractivity contribution is 5.79. The van der Waals surface area contributed by atoms with E-state index < -0.39 is 11.7 Å². The summed E-state index contributed by atoms with van der Waals surface area (Å²) >= 11 is 0. The van der Waals surface area contributed by atoms with Crippen molar-refractivity contribution in [3.05, 3.63) is 30.3 Å². The molecule has 3 N–H and O–H groups in total. The first-order valence-corrected chi connectivity index (χ1v) is 8.99. The summed E-state index contributed by atoms with van der Waals surface area (Å²) in [7, 11) is 3.82. The maximum atomic E-state index is 11.6. The Hall–Kier alpha value is -2.44. The highest BCUT2D eigenvalue weighted by atomic mass is 16.6. The van der Waals surface area contributed by atoms with Gasteiger partial charge in [-0.1, -0.05) is 18.2 Å². The molecular formula is C19H33N5O2. The second-order valence-corrected chi connectivity index (χ2v) is 6.97. The molecule has 7 nitrogen and oxygen atoms in total. The molecule has 1 rings (SSSR count). The summed E-state index contributed by atoms with van der Waals surface area (Å²) in [6, 6.07) is 10.3. The monoisotopic (exact) mass is 363 g/mol. The summed E-state index contributed by atoms with van der Waals surface area (Å²) in [6.45, 7) is 8.32. The summed E-state index contributed by atoms with van der Waals surface area (Å²) in [5, 5.41) is 9.14. The predicted molar refractivity (Wildman–Crippen MR) is 108 cm³/mol. The van der Waals surface area contributed by atoms with Gasteiger partial charge in [-0.15, -0.1) is 0 Å². The van der Waals surface area contributed by atoms with Gasteiger partial charge >= 0.3 is 6.09 Å². The van der Waals surface area contributed by atoms with E-state index in [-0.39, 0.29) is 0 Å². The van der Waals surface area contributed by atoms with Gasteiger partial charge in [0.1, 0.15) is 5.60 Å². The first-order valence-electron chi connectivity index (χ1n) is 8.99. The van der Waals surface area contributed by atoms with Crippen LogP contribution in [0.2, 0.25) is 0 Å². The van der Waals surface area contributed by atoms with E-state index in [2.05, 4.69) is 45.0 Å². The normalized spacial score (nSPS) is 11.7. The van der Waals surface area contributed by atoms with Crippen LogP contribution in [0.5, 0.6) is 0 Å². The number of ether oxygens (including phenoxy) is 1. The van der Waals surface area contributed by atoms with Crippen molar-refractivity contribution in [2.75, 3.05) is 45.2 Å². The van der Waals surface area contributed by atoms with Crippen LogP contribution in [0.15, 0.2) is 35.3 Å². The van der Waals surface area contributed by atoms with Gasteiger partial charge in [-0.2, -0.15) is 0 Å². The topological polar surface area (TPSA) is 78.0 Å². The molecule has 0 fully saturated rings. The highest BCUT2D eigenvalue weighted by Crippen LogP contribution is 2.10. The van der Waals surface area contributed by atoms with Crippen molar-refractivity contribution in [1.29, 1.82) is 0 Å². The van der Waals surface area contributed by atoms with Crippen LogP contribution in [0.1, 0.15) is 27.2 Å². The third kappa shape index (κ3) is 9.76. The third-order valence-electron chi connectivity index (χ3n) is 3.47. The van der Waals surface area contributed by atoms with Crippen LogP contribution in [0.4, 0.5) is 10.5 Å². The van der Waals surface area contributed by atoms with Gasteiger partial charge in [0.05, 0.1) is 0 Å². The minimum atomic E-state index is -0.484. The highest BCUT2D eigenvalue weighted by Gasteiger charge is 2.15. The number of hydrogen-bond donors (Lipinski definition) is 3. The maximum Gasteiger partial charge on any atom is 0.407 e. The molecule has 0 unspecified atom stereocenters. The van der Waals surface area contributed by atoms with Gasteiger partial charge in [0.2, 0.25) is 0 Å². The molecule has 1 aromatic rings. The molecular weight excluding hydrogens is 330 g/mol. The van der Waals surface area contributed by atoms with E-state index in [0.29, 0.717) is 13.1 Å². The lowest BCUT2D eigenvalue weighted by atomic mass is 10.2. The van der Waals surface area contributed by atoms with Crippen molar-refractivity contribution in [1.82, 2.24) is 16.0 Å². The zero-order valence-electron chi connectivity index (χ0n) is 16.6. The number of alkyl carbamates (subject to hydrolysis) is 1. The van der Waals surface area contributed by atoms with Crippen LogP contribution >= 0.6 is 0 Å². The molecule has 0 atom stereocenters. The number of amides is 1. The van der Waals surface area contributed by atoms with Gasteiger partial charge in [0, 0.05) is 46.0 Å². The third-order valence-corrected chi connectivity index (χ3v) is 3.47. The SMILES string of the molecule is CN=C(NCCCN(C)c1ccccc1)NCCNC(=O)OC(C)(C)C. The molecule has 1 aromatic carbocycles. The number of para-hydroxylation sites is 1. The molecule has 0 bridgehead atoms. The van der Waals surface area contributed by atoms with Crippen LogP contribution in [-0.2, 0) is 4.74 Å². The number of guanidine groups is 1. The zero-order valence-corrected chi connectivity index (χ0v) is 16.6. The number of aliphatic imine (C=N–C) groups is 1. The summed E-state index contributed by atoms with van der Waals surface area (Å²) in [5.41, 5.74) is 0.727. The van der Waals surface area contributed by atoms with Gasteiger partial charge in [-0.25, -0.2) is 4.79 Å². The zero-order chi connectivity index (χ0) is 19.4. The number of benzene rings is 1. The summed E-state index contributed by atoms with van der Waals surface area (Å²) in [5.74, 6) is 0.721. The lowest BCUT2D eigenvalue weighted by molar-refractivity contribution is 0.0529. The summed E-state index contributed by atoms with van der Waals surface area (Å²) < 4.78 is 5.18. The molecule has 7 heteroatoms. The summed E-state index contributed by atoms with van der Waals surface area (Å²) in [4.78, 5) is 18.0. The van der Waals surface area contributed by atoms with Gasteiger partial charge < -0.3 is 25.6 Å². The Morgan fingerprint density at radius 3 is 2.31 bits per heavy atom. The van der Waals surface area contributed by atoms with Crippen LogP contribution in [0.25, 0.3) is 0 Å². The van der Waals surface area contributed by atoms with Gasteiger partial charge in [-0.3, -0.25) is 4.99 Å². The Morgan fingerprint density at radius 1 is 1.08 bits per heavy atom. The van der Waals surface area contributed by atoms with E-state index in [1.54, 1.807) is 7.05 Å². The van der Waals surface area contributed by atoms with E-state index in [1.807, 2.05) is 39.0 Å². The molecule has 0 heterocycles. The molecule has 0 saturated heterocycles. The average Bonchev–Trinajstić information content (AvgIpc) is 2.59. The number of carbonyl (C=O) groups is 1. The number of carbonyl (C=O) groups excluding carboxylic acids is 1. The standard InChI is InChI=1S/C19H33N5O2/c1-19(2,3)26-18(25)23-14-13-22-17(20-4)21-12-9-15-24(5)16-10-7-6-8-11-16/h6-8,10-11H,9,12-15H2,1-5H3,(H,23,25)(H2,20,21,22). The van der Waals surface area contributed by atoms with Crippen molar-refractivity contribution in [2.24, 2.45) is 4.99 Å². The fraction of sp³-hybridized carbons (Fsp3) is 0.579. The number of anilines is 1. The van der Waals surface area contributed by atoms with E-state index in [1.165, 1.54) is 5.69 Å². The van der Waals surface area contributed by atoms with Crippen molar-refractivity contribution in [3.8, 4) is 0 Å². The lowest BCUT2D eigenvalue weighted by Crippen LogP contribution is -2.43. The number of rotatable bonds is 8. The molecule has 0 aliphatic heterocycles. The molecule has 1 amide bonds. The number of hydrogen-bond acceptors (Lipinski definition) is 4. The lowest BCUT2D eigenvalue weighted by Gasteiger charge is -2.20. The van der Waals surface area contributed by atoms with Crippen molar-refractivity contribution < 1.29 is 9.53 Å².